The third-order valence-electron chi connectivity index (χ3n) is 2.86. The Hall–Kier alpha value is -0.970. The zero-order valence-corrected chi connectivity index (χ0v) is 9.52. The van der Waals surface area contributed by atoms with Crippen LogP contribution >= 0.6 is 12.4 Å². The van der Waals surface area contributed by atoms with Gasteiger partial charge in [-0.05, 0) is 36.5 Å². The molecular formula is C11H16ClNO3. The van der Waals surface area contributed by atoms with Gasteiger partial charge in [-0.3, -0.25) is 0 Å². The van der Waals surface area contributed by atoms with E-state index in [-0.39, 0.29) is 29.8 Å². The van der Waals surface area contributed by atoms with Crippen molar-refractivity contribution in [3.8, 4) is 11.5 Å². The van der Waals surface area contributed by atoms with Crippen LogP contribution in [0, 0.1) is 5.92 Å². The zero-order chi connectivity index (χ0) is 11.0. The normalized spacial score (nSPS) is 18.6. The summed E-state index contributed by atoms with van der Waals surface area (Å²) in [6.07, 6.45) is 1.46. The average Bonchev–Trinajstić information content (AvgIpc) is 3.03. The van der Waals surface area contributed by atoms with E-state index in [4.69, 9.17) is 10.8 Å². The topological polar surface area (TPSA) is 86.7 Å². The summed E-state index contributed by atoms with van der Waals surface area (Å²) in [5.41, 5.74) is 6.50. The highest BCUT2D eigenvalue weighted by molar-refractivity contribution is 5.85. The predicted octanol–water partition coefficient (Wildman–Crippen LogP) is 1.29. The molecule has 0 spiro atoms. The van der Waals surface area contributed by atoms with Crippen LogP contribution in [0.5, 0.6) is 11.5 Å². The van der Waals surface area contributed by atoms with Gasteiger partial charge in [0.15, 0.2) is 11.5 Å². The van der Waals surface area contributed by atoms with Gasteiger partial charge in [-0.15, -0.1) is 12.4 Å². The van der Waals surface area contributed by atoms with Crippen molar-refractivity contribution in [3.63, 3.8) is 0 Å². The highest BCUT2D eigenvalue weighted by Crippen LogP contribution is 2.38. The number of aromatic hydroxyl groups is 2. The predicted molar refractivity (Wildman–Crippen MR) is 62.7 cm³/mol. The molecule has 16 heavy (non-hydrogen) atoms. The molecule has 2 atom stereocenters. The first-order valence-corrected chi connectivity index (χ1v) is 5.05. The number of hydrogen-bond donors (Lipinski definition) is 4. The molecule has 5 heteroatoms. The Morgan fingerprint density at radius 3 is 2.31 bits per heavy atom. The fourth-order valence-corrected chi connectivity index (χ4v) is 1.68. The minimum absolute atomic E-state index is 0. The van der Waals surface area contributed by atoms with E-state index >= 15 is 0 Å². The van der Waals surface area contributed by atoms with Crippen LogP contribution in [0.25, 0.3) is 0 Å². The molecule has 0 bridgehead atoms. The maximum absolute atomic E-state index is 9.80. The number of hydrogen-bond acceptors (Lipinski definition) is 4. The second-order valence-corrected chi connectivity index (χ2v) is 4.10. The lowest BCUT2D eigenvalue weighted by Crippen LogP contribution is -2.27. The molecule has 0 saturated heterocycles. The molecule has 1 aliphatic rings. The van der Waals surface area contributed by atoms with Crippen molar-refractivity contribution >= 4 is 12.4 Å². The number of nitrogens with two attached hydrogens (primary N) is 1. The number of aliphatic hydroxyl groups excluding tert-OH is 1. The van der Waals surface area contributed by atoms with Crippen molar-refractivity contribution in [2.24, 2.45) is 11.7 Å². The summed E-state index contributed by atoms with van der Waals surface area (Å²) in [4.78, 5) is 0. The molecule has 0 aliphatic heterocycles. The largest absolute Gasteiger partial charge is 0.504 e. The second kappa shape index (κ2) is 4.91. The fourth-order valence-electron chi connectivity index (χ4n) is 1.68. The van der Waals surface area contributed by atoms with Crippen molar-refractivity contribution in [1.29, 1.82) is 0 Å². The third-order valence-corrected chi connectivity index (χ3v) is 2.86. The monoisotopic (exact) mass is 245 g/mol. The van der Waals surface area contributed by atoms with E-state index in [1.165, 1.54) is 12.1 Å². The van der Waals surface area contributed by atoms with Crippen LogP contribution in [-0.4, -0.2) is 21.4 Å². The molecule has 0 unspecified atom stereocenters. The highest BCUT2D eigenvalue weighted by atomic mass is 35.5. The van der Waals surface area contributed by atoms with E-state index in [9.17, 15) is 10.2 Å². The molecule has 0 aromatic heterocycles. The number of rotatable bonds is 3. The van der Waals surface area contributed by atoms with Gasteiger partial charge in [0.1, 0.15) is 0 Å². The van der Waals surface area contributed by atoms with Gasteiger partial charge < -0.3 is 21.1 Å². The Kier molecular flexibility index (Phi) is 4.02. The molecule has 4 nitrogen and oxygen atoms in total. The number of halogens is 1. The van der Waals surface area contributed by atoms with Gasteiger partial charge in [0.05, 0.1) is 12.1 Å². The maximum atomic E-state index is 9.80. The first-order chi connectivity index (χ1) is 7.09. The molecule has 1 aromatic rings. The standard InChI is InChI=1S/C11H15NO3.ClH/c12-10(11(15)6-1-2-6)7-3-4-8(13)9(14)5-7;/h3-6,10-11,13-15H,1-2,12H2;1H/t10-,11+;/m1./s1. The molecule has 0 heterocycles. The van der Waals surface area contributed by atoms with E-state index in [0.29, 0.717) is 5.56 Å². The van der Waals surface area contributed by atoms with Crippen molar-refractivity contribution in [2.45, 2.75) is 25.0 Å². The average molecular weight is 246 g/mol. The smallest absolute Gasteiger partial charge is 0.157 e. The number of phenolic OH excluding ortho intramolecular Hbond substituents is 2. The van der Waals surface area contributed by atoms with Crippen LogP contribution in [0.3, 0.4) is 0 Å². The molecule has 1 aliphatic carbocycles. The van der Waals surface area contributed by atoms with Gasteiger partial charge in [-0.1, -0.05) is 6.07 Å². The van der Waals surface area contributed by atoms with Crippen molar-refractivity contribution < 1.29 is 15.3 Å². The van der Waals surface area contributed by atoms with E-state index < -0.39 is 12.1 Å². The number of phenols is 2. The minimum atomic E-state index is -0.561. The zero-order valence-electron chi connectivity index (χ0n) is 8.71. The molecule has 1 aromatic carbocycles. The minimum Gasteiger partial charge on any atom is -0.504 e. The maximum Gasteiger partial charge on any atom is 0.157 e. The second-order valence-electron chi connectivity index (χ2n) is 4.10. The summed E-state index contributed by atoms with van der Waals surface area (Å²) in [5, 5.41) is 28.2. The van der Waals surface area contributed by atoms with E-state index in [1.54, 1.807) is 6.07 Å². The lowest BCUT2D eigenvalue weighted by Gasteiger charge is -2.18. The summed E-state index contributed by atoms with van der Waals surface area (Å²) in [7, 11) is 0. The highest BCUT2D eigenvalue weighted by Gasteiger charge is 2.34. The number of aliphatic hydroxyl groups is 1. The molecule has 2 rings (SSSR count). The first kappa shape index (κ1) is 13.1. The molecule has 1 fully saturated rings. The van der Waals surface area contributed by atoms with Gasteiger partial charge in [0, 0.05) is 0 Å². The van der Waals surface area contributed by atoms with Crippen LogP contribution in [-0.2, 0) is 0 Å². The molecule has 90 valence electrons. The summed E-state index contributed by atoms with van der Waals surface area (Å²) in [5.74, 6) is -0.0891. The summed E-state index contributed by atoms with van der Waals surface area (Å²) in [6.45, 7) is 0. The molecule has 0 radical (unpaired) electrons. The van der Waals surface area contributed by atoms with E-state index in [0.717, 1.165) is 12.8 Å². The van der Waals surface area contributed by atoms with Crippen LogP contribution in [0.15, 0.2) is 18.2 Å². The van der Waals surface area contributed by atoms with E-state index in [2.05, 4.69) is 0 Å². The Balaban J connectivity index is 0.00000128. The third kappa shape index (κ3) is 2.58. The SMILES string of the molecule is Cl.N[C@H](c1ccc(O)c(O)c1)[C@@H](O)C1CC1. The molecular weight excluding hydrogens is 230 g/mol. The number of benzene rings is 1. The lowest BCUT2D eigenvalue weighted by atomic mass is 9.99. The quantitative estimate of drug-likeness (QED) is 0.605. The summed E-state index contributed by atoms with van der Waals surface area (Å²) in [6, 6.07) is 3.89. The van der Waals surface area contributed by atoms with Crippen LogP contribution in [0.2, 0.25) is 0 Å². The Morgan fingerprint density at radius 1 is 1.19 bits per heavy atom. The lowest BCUT2D eigenvalue weighted by molar-refractivity contribution is 0.122. The van der Waals surface area contributed by atoms with Crippen LogP contribution in [0.4, 0.5) is 0 Å². The van der Waals surface area contributed by atoms with Gasteiger partial charge in [0.2, 0.25) is 0 Å². The Labute approximate surface area is 100 Å². The van der Waals surface area contributed by atoms with Gasteiger partial charge >= 0.3 is 0 Å². The van der Waals surface area contributed by atoms with Gasteiger partial charge in [0.25, 0.3) is 0 Å². The summed E-state index contributed by atoms with van der Waals surface area (Å²) < 4.78 is 0. The first-order valence-electron chi connectivity index (χ1n) is 5.05. The van der Waals surface area contributed by atoms with Gasteiger partial charge in [-0.2, -0.15) is 0 Å². The Morgan fingerprint density at radius 2 is 1.81 bits per heavy atom. The van der Waals surface area contributed by atoms with E-state index in [1.807, 2.05) is 0 Å². The van der Waals surface area contributed by atoms with Crippen molar-refractivity contribution in [2.75, 3.05) is 0 Å². The van der Waals surface area contributed by atoms with Crippen molar-refractivity contribution in [3.05, 3.63) is 23.8 Å². The molecule has 0 amide bonds. The fraction of sp³-hybridized carbons (Fsp3) is 0.455. The van der Waals surface area contributed by atoms with Crippen molar-refractivity contribution in [1.82, 2.24) is 0 Å². The Bertz CT molecular complexity index is 368. The molecule has 5 N–H and O–H groups in total. The van der Waals surface area contributed by atoms with Gasteiger partial charge in [-0.25, -0.2) is 0 Å². The summed E-state index contributed by atoms with van der Waals surface area (Å²) >= 11 is 0. The van der Waals surface area contributed by atoms with Crippen LogP contribution < -0.4 is 5.73 Å². The van der Waals surface area contributed by atoms with Crippen LogP contribution in [0.1, 0.15) is 24.4 Å². The molecule has 1 saturated carbocycles.